The Bertz CT molecular complexity index is 1250. The Kier molecular flexibility index (Phi) is 5.46. The summed E-state index contributed by atoms with van der Waals surface area (Å²) in [5, 5.41) is 6.56. The molecular formula is C25H24F2N4O2. The van der Waals surface area contributed by atoms with Crippen molar-refractivity contribution in [3.8, 4) is 17.0 Å². The van der Waals surface area contributed by atoms with Crippen LogP contribution in [0.1, 0.15) is 25.0 Å². The van der Waals surface area contributed by atoms with Gasteiger partial charge in [0.25, 0.3) is 5.91 Å². The van der Waals surface area contributed by atoms with E-state index in [4.69, 9.17) is 4.74 Å². The summed E-state index contributed by atoms with van der Waals surface area (Å²) in [6.45, 7) is 5.19. The largest absolute Gasteiger partial charge is 0.478 e. The van der Waals surface area contributed by atoms with E-state index >= 15 is 0 Å². The molecule has 3 heterocycles. The summed E-state index contributed by atoms with van der Waals surface area (Å²) in [5.41, 5.74) is 3.85. The fourth-order valence-electron chi connectivity index (χ4n) is 4.36. The number of nitrogens with zero attached hydrogens (tertiary/aromatic N) is 2. The molecule has 2 N–H and O–H groups in total. The summed E-state index contributed by atoms with van der Waals surface area (Å²) < 4.78 is 35.0. The van der Waals surface area contributed by atoms with Crippen LogP contribution in [0.3, 0.4) is 0 Å². The highest BCUT2D eigenvalue weighted by Crippen LogP contribution is 2.40. The molecule has 0 aliphatic carbocycles. The van der Waals surface area contributed by atoms with Crippen molar-refractivity contribution >= 4 is 23.1 Å². The lowest BCUT2D eigenvalue weighted by molar-refractivity contribution is -0.121. The number of nitrogens with one attached hydrogen (secondary N) is 2. The molecule has 0 saturated heterocycles. The third-order valence-corrected chi connectivity index (χ3v) is 5.89. The molecule has 0 atom stereocenters. The highest BCUT2D eigenvalue weighted by Gasteiger charge is 2.31. The highest BCUT2D eigenvalue weighted by molar-refractivity contribution is 5.99. The second-order valence-electron chi connectivity index (χ2n) is 8.51. The summed E-state index contributed by atoms with van der Waals surface area (Å²) in [4.78, 5) is 18.2. The van der Waals surface area contributed by atoms with Crippen molar-refractivity contribution in [3.05, 3.63) is 65.2 Å². The Morgan fingerprint density at radius 1 is 1.09 bits per heavy atom. The fourth-order valence-corrected chi connectivity index (χ4v) is 4.36. The molecule has 0 bridgehead atoms. The molecule has 33 heavy (non-hydrogen) atoms. The van der Waals surface area contributed by atoms with Crippen molar-refractivity contribution in [1.82, 2.24) is 10.3 Å². The smallest absolute Gasteiger partial charge is 0.265 e. The quantitative estimate of drug-likeness (QED) is 0.611. The van der Waals surface area contributed by atoms with Gasteiger partial charge >= 0.3 is 0 Å². The Morgan fingerprint density at radius 3 is 2.76 bits per heavy atom. The molecule has 1 aromatic heterocycles. The van der Waals surface area contributed by atoms with Crippen LogP contribution >= 0.6 is 0 Å². The molecule has 0 unspecified atom stereocenters. The number of amides is 1. The van der Waals surface area contributed by atoms with Gasteiger partial charge in [-0.15, -0.1) is 0 Å². The zero-order valence-electron chi connectivity index (χ0n) is 18.4. The van der Waals surface area contributed by atoms with Gasteiger partial charge in [0, 0.05) is 23.8 Å². The van der Waals surface area contributed by atoms with Crippen molar-refractivity contribution in [2.24, 2.45) is 0 Å². The number of ether oxygens (including phenoxy) is 1. The minimum absolute atomic E-state index is 0.00981. The maximum Gasteiger partial charge on any atom is 0.265 e. The van der Waals surface area contributed by atoms with E-state index in [0.717, 1.165) is 25.2 Å². The molecule has 0 spiro atoms. The predicted octanol–water partition coefficient (Wildman–Crippen LogP) is 4.55. The standard InChI is InChI=1S/C25H24F2N4O2/c1-14(2)31-21-11-16(10-20(27)25(21)33-13-23(31)32)24-19(26)5-6-22(30-24)29-18-4-3-15-7-8-28-12-17(15)9-18/h3-6,9-11,14,28H,7-8,12-13H2,1-2H3,(H,29,30). The average molecular weight is 450 g/mol. The number of carbonyl (C=O) groups excluding carboxylic acids is 1. The van der Waals surface area contributed by atoms with E-state index in [9.17, 15) is 13.6 Å². The molecule has 2 aliphatic heterocycles. The summed E-state index contributed by atoms with van der Waals surface area (Å²) in [6, 6.07) is 11.5. The maximum absolute atomic E-state index is 14.9. The first-order valence-electron chi connectivity index (χ1n) is 11.0. The molecule has 2 aliphatic rings. The number of fused-ring (bicyclic) bond motifs is 2. The van der Waals surface area contributed by atoms with E-state index < -0.39 is 11.6 Å². The van der Waals surface area contributed by atoms with Crippen molar-refractivity contribution in [1.29, 1.82) is 0 Å². The first-order valence-corrected chi connectivity index (χ1v) is 11.0. The number of halogens is 2. The molecular weight excluding hydrogens is 426 g/mol. The SMILES string of the molecule is CC(C)N1C(=O)COc2c(F)cc(-c3nc(Nc4ccc5c(c4)CNCC5)ccc3F)cc21. The number of pyridine rings is 1. The Morgan fingerprint density at radius 2 is 1.94 bits per heavy atom. The summed E-state index contributed by atoms with van der Waals surface area (Å²) in [5.74, 6) is -1.11. The number of carbonyl (C=O) groups is 1. The van der Waals surface area contributed by atoms with Gasteiger partial charge in [-0.05, 0) is 74.3 Å². The van der Waals surface area contributed by atoms with Gasteiger partial charge in [-0.3, -0.25) is 4.79 Å². The van der Waals surface area contributed by atoms with Crippen LogP contribution in [-0.2, 0) is 17.8 Å². The lowest BCUT2D eigenvalue weighted by Gasteiger charge is -2.33. The number of hydrogen-bond donors (Lipinski definition) is 2. The second-order valence-corrected chi connectivity index (χ2v) is 8.51. The zero-order valence-corrected chi connectivity index (χ0v) is 18.4. The lowest BCUT2D eigenvalue weighted by Crippen LogP contribution is -2.43. The number of rotatable bonds is 4. The minimum atomic E-state index is -0.664. The number of anilines is 3. The number of benzene rings is 2. The second kappa shape index (κ2) is 8.44. The van der Waals surface area contributed by atoms with E-state index in [1.807, 2.05) is 26.0 Å². The Balaban J connectivity index is 1.51. The van der Waals surface area contributed by atoms with E-state index in [-0.39, 0.29) is 41.3 Å². The molecule has 6 nitrogen and oxygen atoms in total. The van der Waals surface area contributed by atoms with E-state index in [1.165, 1.54) is 28.2 Å². The maximum atomic E-state index is 14.9. The van der Waals surface area contributed by atoms with Crippen molar-refractivity contribution in [2.75, 3.05) is 23.4 Å². The molecule has 0 saturated carbocycles. The fraction of sp³-hybridized carbons (Fsp3) is 0.280. The van der Waals surface area contributed by atoms with Crippen LogP contribution in [-0.4, -0.2) is 30.1 Å². The Hall–Kier alpha value is -3.52. The van der Waals surface area contributed by atoms with Crippen LogP contribution in [0.25, 0.3) is 11.3 Å². The number of aromatic nitrogens is 1. The molecule has 1 amide bonds. The van der Waals surface area contributed by atoms with Gasteiger partial charge in [0.15, 0.2) is 18.2 Å². The van der Waals surface area contributed by atoms with Gasteiger partial charge in [0.2, 0.25) is 0 Å². The van der Waals surface area contributed by atoms with Gasteiger partial charge in [-0.1, -0.05) is 6.07 Å². The average Bonchev–Trinajstić information content (AvgIpc) is 2.79. The lowest BCUT2D eigenvalue weighted by atomic mass is 10.0. The van der Waals surface area contributed by atoms with Gasteiger partial charge < -0.3 is 20.3 Å². The topological polar surface area (TPSA) is 66.5 Å². The van der Waals surface area contributed by atoms with Crippen molar-refractivity contribution < 1.29 is 18.3 Å². The minimum Gasteiger partial charge on any atom is -0.478 e. The van der Waals surface area contributed by atoms with Crippen LogP contribution in [0.4, 0.5) is 26.0 Å². The van der Waals surface area contributed by atoms with Crippen LogP contribution in [0.2, 0.25) is 0 Å². The molecule has 2 aromatic carbocycles. The van der Waals surface area contributed by atoms with E-state index in [0.29, 0.717) is 5.82 Å². The molecule has 0 fully saturated rings. The highest BCUT2D eigenvalue weighted by atomic mass is 19.1. The summed E-state index contributed by atoms with van der Waals surface area (Å²) in [7, 11) is 0. The molecule has 3 aromatic rings. The van der Waals surface area contributed by atoms with Crippen LogP contribution in [0, 0.1) is 11.6 Å². The van der Waals surface area contributed by atoms with Gasteiger partial charge in [-0.2, -0.15) is 0 Å². The van der Waals surface area contributed by atoms with Crippen LogP contribution in [0.5, 0.6) is 5.75 Å². The van der Waals surface area contributed by atoms with Gasteiger partial charge in [0.1, 0.15) is 17.3 Å². The molecule has 0 radical (unpaired) electrons. The van der Waals surface area contributed by atoms with Crippen molar-refractivity contribution in [2.45, 2.75) is 32.9 Å². The van der Waals surface area contributed by atoms with Gasteiger partial charge in [0.05, 0.1) is 5.69 Å². The van der Waals surface area contributed by atoms with Gasteiger partial charge in [-0.25, -0.2) is 13.8 Å². The number of hydrogen-bond acceptors (Lipinski definition) is 5. The first-order chi connectivity index (χ1) is 15.9. The van der Waals surface area contributed by atoms with Crippen molar-refractivity contribution in [3.63, 3.8) is 0 Å². The van der Waals surface area contributed by atoms with E-state index in [2.05, 4.69) is 21.7 Å². The first kappa shape index (κ1) is 21.3. The van der Waals surface area contributed by atoms with Crippen LogP contribution < -0.4 is 20.3 Å². The molecule has 170 valence electrons. The Labute approximate surface area is 190 Å². The van der Waals surface area contributed by atoms with Crippen LogP contribution in [0.15, 0.2) is 42.5 Å². The third kappa shape index (κ3) is 4.02. The third-order valence-electron chi connectivity index (χ3n) is 5.89. The predicted molar refractivity (Wildman–Crippen MR) is 123 cm³/mol. The molecule has 5 rings (SSSR count). The van der Waals surface area contributed by atoms with E-state index in [1.54, 1.807) is 12.1 Å². The molecule has 8 heteroatoms. The summed E-state index contributed by atoms with van der Waals surface area (Å²) >= 11 is 0. The normalized spacial score (nSPS) is 15.2. The summed E-state index contributed by atoms with van der Waals surface area (Å²) in [6.07, 6.45) is 0.984. The zero-order chi connectivity index (χ0) is 23.1. The monoisotopic (exact) mass is 450 g/mol.